The highest BCUT2D eigenvalue weighted by molar-refractivity contribution is 6.05. The van der Waals surface area contributed by atoms with Crippen LogP contribution in [-0.2, 0) is 14.3 Å². The average Bonchev–Trinajstić information content (AvgIpc) is 3.25. The van der Waals surface area contributed by atoms with Crippen LogP contribution in [0.5, 0.6) is 0 Å². The number of carbonyl (C=O) groups is 1. The van der Waals surface area contributed by atoms with Gasteiger partial charge in [0, 0.05) is 12.3 Å². The van der Waals surface area contributed by atoms with Gasteiger partial charge < -0.3 is 14.6 Å². The van der Waals surface area contributed by atoms with Crippen molar-refractivity contribution in [3.8, 4) is 0 Å². The van der Waals surface area contributed by atoms with Crippen molar-refractivity contribution in [2.24, 2.45) is 22.7 Å². The van der Waals surface area contributed by atoms with Gasteiger partial charge >= 0.3 is 0 Å². The van der Waals surface area contributed by atoms with Crippen LogP contribution in [0.25, 0.3) is 0 Å². The molecule has 4 aliphatic carbocycles. The van der Waals surface area contributed by atoms with E-state index in [4.69, 9.17) is 9.47 Å². The number of hydrogen-bond acceptors (Lipinski definition) is 4. The lowest BCUT2D eigenvalue weighted by molar-refractivity contribution is -0.208. The van der Waals surface area contributed by atoms with Gasteiger partial charge in [0.2, 0.25) is 17.8 Å². The molecule has 2 unspecified atom stereocenters. The minimum absolute atomic E-state index is 0.00434. The van der Waals surface area contributed by atoms with Crippen molar-refractivity contribution in [3.05, 3.63) is 23.2 Å². The molecule has 29 heavy (non-hydrogen) atoms. The van der Waals surface area contributed by atoms with Gasteiger partial charge in [0.25, 0.3) is 0 Å². The third-order valence-corrected chi connectivity index (χ3v) is 8.66. The first-order valence-corrected chi connectivity index (χ1v) is 11.0. The highest BCUT2D eigenvalue weighted by Gasteiger charge is 2.74. The molecule has 0 radical (unpaired) electrons. The van der Waals surface area contributed by atoms with E-state index in [1.165, 1.54) is 6.08 Å². The summed E-state index contributed by atoms with van der Waals surface area (Å²) in [4.78, 5) is 12.7. The van der Waals surface area contributed by atoms with Gasteiger partial charge in [-0.2, -0.15) is 0 Å². The number of alkyl halides is 2. The Balaban J connectivity index is 1.66. The van der Waals surface area contributed by atoms with Gasteiger partial charge in [0.15, 0.2) is 11.4 Å². The number of ketones is 1. The first-order valence-electron chi connectivity index (χ1n) is 11.0. The van der Waals surface area contributed by atoms with Gasteiger partial charge in [0.1, 0.15) is 6.17 Å². The highest BCUT2D eigenvalue weighted by atomic mass is 19.1. The van der Waals surface area contributed by atoms with Crippen LogP contribution < -0.4 is 0 Å². The van der Waals surface area contributed by atoms with E-state index in [-0.39, 0.29) is 34.8 Å². The molecule has 0 bridgehead atoms. The number of aliphatic hydroxyl groups is 1. The van der Waals surface area contributed by atoms with Gasteiger partial charge in [-0.1, -0.05) is 20.3 Å². The molecule has 0 spiro atoms. The largest absolute Gasteiger partial charge is 0.454 e. The summed E-state index contributed by atoms with van der Waals surface area (Å²) in [6.07, 6.45) is 2.28. The van der Waals surface area contributed by atoms with Gasteiger partial charge in [-0.15, -0.1) is 0 Å². The molecule has 4 nitrogen and oxygen atoms in total. The summed E-state index contributed by atoms with van der Waals surface area (Å²) in [5.41, 5.74) is -3.70. The molecular weight excluding hydrogens is 378 g/mol. The maximum absolute atomic E-state index is 17.3. The molecule has 0 amide bonds. The lowest BCUT2D eigenvalue weighted by atomic mass is 9.45. The van der Waals surface area contributed by atoms with Crippen LogP contribution in [0.2, 0.25) is 0 Å². The predicted octanol–water partition coefficient (Wildman–Crippen LogP) is 4.52. The van der Waals surface area contributed by atoms with Crippen molar-refractivity contribution in [1.82, 2.24) is 0 Å². The summed E-state index contributed by atoms with van der Waals surface area (Å²) in [6, 6.07) is 0. The van der Waals surface area contributed by atoms with Crippen LogP contribution in [-0.4, -0.2) is 35.1 Å². The van der Waals surface area contributed by atoms with E-state index >= 15 is 8.78 Å². The minimum atomic E-state index is -2.10. The molecule has 3 saturated carbocycles. The SMILES string of the molecule is CCCC1OC2=C(O1)[C@@]1(C)C(=CC2=O)C(F)C[C@H]2[C@@H]3CCC[C@@]3(C)C[C@H](O)[C@@]21F. The predicted molar refractivity (Wildman–Crippen MR) is 102 cm³/mol. The first kappa shape index (κ1) is 19.5. The van der Waals surface area contributed by atoms with Crippen LogP contribution in [0.3, 0.4) is 0 Å². The number of aliphatic hydroxyl groups excluding tert-OH is 1. The summed E-state index contributed by atoms with van der Waals surface area (Å²) in [6.45, 7) is 5.68. The van der Waals surface area contributed by atoms with Crippen molar-refractivity contribution >= 4 is 5.78 Å². The number of ether oxygens (including phenoxy) is 2. The minimum Gasteiger partial charge on any atom is -0.454 e. The second-order valence-corrected chi connectivity index (χ2v) is 10.2. The Morgan fingerprint density at radius 3 is 2.76 bits per heavy atom. The van der Waals surface area contributed by atoms with Crippen molar-refractivity contribution in [1.29, 1.82) is 0 Å². The Labute approximate surface area is 170 Å². The van der Waals surface area contributed by atoms with Crippen LogP contribution in [0.4, 0.5) is 8.78 Å². The highest BCUT2D eigenvalue weighted by Crippen LogP contribution is 2.70. The van der Waals surface area contributed by atoms with Gasteiger partial charge in [-0.05, 0) is 62.0 Å². The van der Waals surface area contributed by atoms with E-state index < -0.39 is 41.4 Å². The Morgan fingerprint density at radius 2 is 2.03 bits per heavy atom. The van der Waals surface area contributed by atoms with Crippen LogP contribution in [0.1, 0.15) is 65.7 Å². The number of allylic oxidation sites excluding steroid dienone is 2. The average molecular weight is 408 g/mol. The molecule has 0 saturated heterocycles. The van der Waals surface area contributed by atoms with Crippen LogP contribution >= 0.6 is 0 Å². The lowest BCUT2D eigenvalue weighted by Crippen LogP contribution is -2.68. The Hall–Kier alpha value is -1.43. The second-order valence-electron chi connectivity index (χ2n) is 10.2. The maximum Gasteiger partial charge on any atom is 0.241 e. The third kappa shape index (κ3) is 2.24. The molecule has 1 heterocycles. The summed E-state index contributed by atoms with van der Waals surface area (Å²) >= 11 is 0. The van der Waals surface area contributed by atoms with Gasteiger partial charge in [0.05, 0.1) is 11.5 Å². The Bertz CT molecular complexity index is 822. The van der Waals surface area contributed by atoms with Crippen LogP contribution in [0, 0.1) is 22.7 Å². The molecule has 160 valence electrons. The quantitative estimate of drug-likeness (QED) is 0.730. The van der Waals surface area contributed by atoms with E-state index in [0.29, 0.717) is 12.8 Å². The molecule has 5 aliphatic rings. The smallest absolute Gasteiger partial charge is 0.241 e. The second kappa shape index (κ2) is 6.05. The number of rotatable bonds is 2. The molecule has 8 atom stereocenters. The van der Waals surface area contributed by atoms with Gasteiger partial charge in [-0.25, -0.2) is 8.78 Å². The third-order valence-electron chi connectivity index (χ3n) is 8.66. The summed E-state index contributed by atoms with van der Waals surface area (Å²) in [5, 5.41) is 11.2. The van der Waals surface area contributed by atoms with E-state index in [0.717, 1.165) is 25.7 Å². The topological polar surface area (TPSA) is 55.8 Å². The fourth-order valence-electron chi connectivity index (χ4n) is 7.26. The van der Waals surface area contributed by atoms with Crippen molar-refractivity contribution < 1.29 is 28.2 Å². The number of hydrogen-bond donors (Lipinski definition) is 1. The summed E-state index contributed by atoms with van der Waals surface area (Å²) in [7, 11) is 0. The zero-order valence-corrected chi connectivity index (χ0v) is 17.3. The molecule has 6 heteroatoms. The van der Waals surface area contributed by atoms with Crippen molar-refractivity contribution in [2.45, 2.75) is 90.0 Å². The van der Waals surface area contributed by atoms with Crippen molar-refractivity contribution in [2.75, 3.05) is 0 Å². The van der Waals surface area contributed by atoms with E-state index in [9.17, 15) is 9.90 Å². The summed E-state index contributed by atoms with van der Waals surface area (Å²) in [5.74, 6) is -0.984. The molecule has 0 aromatic carbocycles. The summed E-state index contributed by atoms with van der Waals surface area (Å²) < 4.78 is 44.5. The molecule has 1 aliphatic heterocycles. The van der Waals surface area contributed by atoms with Gasteiger partial charge in [-0.3, -0.25) is 4.79 Å². The zero-order chi connectivity index (χ0) is 20.8. The molecule has 0 aromatic heterocycles. The number of halogens is 2. The monoisotopic (exact) mass is 408 g/mol. The van der Waals surface area contributed by atoms with Crippen LogP contribution in [0.15, 0.2) is 23.2 Å². The first-order chi connectivity index (χ1) is 13.7. The van der Waals surface area contributed by atoms with Crippen molar-refractivity contribution in [3.63, 3.8) is 0 Å². The Morgan fingerprint density at radius 1 is 1.28 bits per heavy atom. The number of fused-ring (bicyclic) bond motifs is 6. The zero-order valence-electron chi connectivity index (χ0n) is 17.3. The number of carbonyl (C=O) groups excluding carboxylic acids is 1. The molecule has 3 fully saturated rings. The molecular formula is C23H30F2O4. The van der Waals surface area contributed by atoms with E-state index in [2.05, 4.69) is 6.92 Å². The standard InChI is InChI=1S/C23H30F2O4/c1-4-6-18-28-19-16(26)10-14-15(24)9-13-12-7-5-8-21(12,2)11-17(27)23(13,25)22(14,3)20(19)29-18/h10,12-13,15,17-18,27H,4-9,11H2,1-3H3/t12-,13-,15?,17-,18?,21-,22+,23-/m0/s1. The van der Waals surface area contributed by atoms with E-state index in [1.54, 1.807) is 6.92 Å². The molecule has 1 N–H and O–H groups in total. The normalized spacial score (nSPS) is 50.8. The maximum atomic E-state index is 17.3. The lowest BCUT2D eigenvalue weighted by Gasteiger charge is -2.62. The molecule has 5 rings (SSSR count). The molecule has 0 aromatic rings. The Kier molecular flexibility index (Phi) is 4.08. The fourth-order valence-corrected chi connectivity index (χ4v) is 7.26. The van der Waals surface area contributed by atoms with E-state index in [1.807, 2.05) is 6.92 Å². The fraction of sp³-hybridized carbons (Fsp3) is 0.783.